The Labute approximate surface area is 165 Å². The van der Waals surface area contributed by atoms with Crippen molar-refractivity contribution in [3.8, 4) is 0 Å². The Morgan fingerprint density at radius 2 is 1.52 bits per heavy atom. The van der Waals surface area contributed by atoms with E-state index in [1.807, 2.05) is 60.7 Å². The molecule has 1 atom stereocenters. The number of anilines is 1. The summed E-state index contributed by atoms with van der Waals surface area (Å²) in [7, 11) is -3.64. The first-order valence-corrected chi connectivity index (χ1v) is 11.2. The fourth-order valence-electron chi connectivity index (χ4n) is 2.67. The molecule has 5 heteroatoms. The van der Waals surface area contributed by atoms with E-state index in [0.717, 1.165) is 21.8 Å². The van der Waals surface area contributed by atoms with Crippen molar-refractivity contribution >= 4 is 27.5 Å². The Bertz CT molecular complexity index is 984. The van der Waals surface area contributed by atoms with Gasteiger partial charge in [0.2, 0.25) is 0 Å². The van der Waals surface area contributed by atoms with Gasteiger partial charge in [0, 0.05) is 9.79 Å². The van der Waals surface area contributed by atoms with Gasteiger partial charge in [0.25, 0.3) is 10.0 Å². The van der Waals surface area contributed by atoms with Crippen LogP contribution in [0.1, 0.15) is 31.7 Å². The van der Waals surface area contributed by atoms with E-state index in [-0.39, 0.29) is 4.90 Å². The summed E-state index contributed by atoms with van der Waals surface area (Å²) in [6, 6.07) is 24.5. The van der Waals surface area contributed by atoms with Crippen LogP contribution in [0.2, 0.25) is 0 Å². The van der Waals surface area contributed by atoms with Crippen molar-refractivity contribution in [3.05, 3.63) is 84.4 Å². The molecule has 0 fully saturated rings. The number of rotatable bonds is 7. The van der Waals surface area contributed by atoms with Crippen LogP contribution in [0.25, 0.3) is 0 Å². The number of para-hydroxylation sites is 1. The molecule has 3 nitrogen and oxygen atoms in total. The first kappa shape index (κ1) is 19.5. The third-order valence-electron chi connectivity index (χ3n) is 4.47. The summed E-state index contributed by atoms with van der Waals surface area (Å²) in [6.45, 7) is 4.26. The molecule has 0 aliphatic heterocycles. The van der Waals surface area contributed by atoms with Crippen LogP contribution >= 0.6 is 11.8 Å². The van der Waals surface area contributed by atoms with Crippen LogP contribution in [-0.2, 0) is 10.0 Å². The van der Waals surface area contributed by atoms with Gasteiger partial charge in [0.15, 0.2) is 0 Å². The van der Waals surface area contributed by atoms with E-state index in [4.69, 9.17) is 0 Å². The van der Waals surface area contributed by atoms with E-state index in [0.29, 0.717) is 11.6 Å². The molecule has 0 aliphatic rings. The molecule has 3 rings (SSSR count). The normalized spacial score (nSPS) is 12.5. The molecule has 1 unspecified atom stereocenters. The fraction of sp³-hybridized carbons (Fsp3) is 0.182. The van der Waals surface area contributed by atoms with E-state index in [2.05, 4.69) is 18.6 Å². The Hall–Kier alpha value is -2.24. The Morgan fingerprint density at radius 1 is 0.889 bits per heavy atom. The first-order valence-electron chi connectivity index (χ1n) is 8.94. The summed E-state index contributed by atoms with van der Waals surface area (Å²) >= 11 is 1.53. The first-order chi connectivity index (χ1) is 13.0. The van der Waals surface area contributed by atoms with E-state index in [9.17, 15) is 8.42 Å². The Kier molecular flexibility index (Phi) is 6.24. The summed E-state index contributed by atoms with van der Waals surface area (Å²) in [6.07, 6.45) is 1.02. The summed E-state index contributed by atoms with van der Waals surface area (Å²) in [5, 5.41) is 0. The standard InChI is InChI=1S/C22H23NO2S2/c1-3-17(2)18-13-15-20(16-14-18)27(24,25)23-21-11-7-8-12-22(21)26-19-9-5-4-6-10-19/h4-17,23H,3H2,1-2H3. The zero-order valence-electron chi connectivity index (χ0n) is 15.4. The summed E-state index contributed by atoms with van der Waals surface area (Å²) in [4.78, 5) is 2.19. The summed E-state index contributed by atoms with van der Waals surface area (Å²) < 4.78 is 28.4. The van der Waals surface area contributed by atoms with Crippen molar-refractivity contribution in [2.24, 2.45) is 0 Å². The topological polar surface area (TPSA) is 46.2 Å². The maximum Gasteiger partial charge on any atom is 0.261 e. The molecule has 0 spiro atoms. The third-order valence-corrected chi connectivity index (χ3v) is 6.94. The predicted octanol–water partition coefficient (Wildman–Crippen LogP) is 6.15. The highest BCUT2D eigenvalue weighted by molar-refractivity contribution is 7.99. The molecule has 0 radical (unpaired) electrons. The molecule has 1 N–H and O–H groups in total. The zero-order valence-corrected chi connectivity index (χ0v) is 17.1. The average molecular weight is 398 g/mol. The van der Waals surface area contributed by atoms with Crippen LogP contribution in [0.3, 0.4) is 0 Å². The summed E-state index contributed by atoms with van der Waals surface area (Å²) in [5.74, 6) is 0.415. The maximum atomic E-state index is 12.8. The second-order valence-electron chi connectivity index (χ2n) is 6.40. The number of hydrogen-bond acceptors (Lipinski definition) is 3. The lowest BCUT2D eigenvalue weighted by Crippen LogP contribution is -2.13. The number of benzene rings is 3. The van der Waals surface area contributed by atoms with Crippen molar-refractivity contribution in [1.29, 1.82) is 0 Å². The Morgan fingerprint density at radius 3 is 2.19 bits per heavy atom. The largest absolute Gasteiger partial charge is 0.278 e. The van der Waals surface area contributed by atoms with Gasteiger partial charge in [-0.25, -0.2) is 8.42 Å². The van der Waals surface area contributed by atoms with Crippen molar-refractivity contribution in [2.75, 3.05) is 4.72 Å². The van der Waals surface area contributed by atoms with Gasteiger partial charge < -0.3 is 0 Å². The van der Waals surface area contributed by atoms with Crippen LogP contribution in [0.15, 0.2) is 93.5 Å². The van der Waals surface area contributed by atoms with Gasteiger partial charge in [-0.1, -0.05) is 68.1 Å². The lowest BCUT2D eigenvalue weighted by atomic mass is 9.99. The predicted molar refractivity (Wildman–Crippen MR) is 113 cm³/mol. The molecule has 27 heavy (non-hydrogen) atoms. The van der Waals surface area contributed by atoms with Gasteiger partial charge in [-0.05, 0) is 54.3 Å². The highest BCUT2D eigenvalue weighted by Crippen LogP contribution is 2.34. The van der Waals surface area contributed by atoms with Crippen LogP contribution in [0, 0.1) is 0 Å². The van der Waals surface area contributed by atoms with Gasteiger partial charge in [-0.15, -0.1) is 0 Å². The number of nitrogens with one attached hydrogen (secondary N) is 1. The maximum absolute atomic E-state index is 12.8. The SMILES string of the molecule is CCC(C)c1ccc(S(=O)(=O)Nc2ccccc2Sc2ccccc2)cc1. The third kappa shape index (κ3) is 4.93. The second-order valence-corrected chi connectivity index (χ2v) is 9.19. The summed E-state index contributed by atoms with van der Waals surface area (Å²) in [5.41, 5.74) is 1.73. The number of sulfonamides is 1. The lowest BCUT2D eigenvalue weighted by Gasteiger charge is -2.14. The lowest BCUT2D eigenvalue weighted by molar-refractivity contribution is 0.601. The van der Waals surface area contributed by atoms with Crippen molar-refractivity contribution in [3.63, 3.8) is 0 Å². The van der Waals surface area contributed by atoms with Gasteiger partial charge in [-0.3, -0.25) is 4.72 Å². The average Bonchev–Trinajstić information content (AvgIpc) is 2.69. The van der Waals surface area contributed by atoms with Gasteiger partial charge in [0.1, 0.15) is 0 Å². The molecule has 140 valence electrons. The number of hydrogen-bond donors (Lipinski definition) is 1. The van der Waals surface area contributed by atoms with Gasteiger partial charge >= 0.3 is 0 Å². The fourth-order valence-corrected chi connectivity index (χ4v) is 4.74. The van der Waals surface area contributed by atoms with Crippen LogP contribution in [-0.4, -0.2) is 8.42 Å². The minimum absolute atomic E-state index is 0.272. The molecular formula is C22H23NO2S2. The minimum atomic E-state index is -3.64. The van der Waals surface area contributed by atoms with Crippen molar-refractivity contribution in [2.45, 2.75) is 40.9 Å². The molecule has 0 saturated heterocycles. The molecule has 0 saturated carbocycles. The molecule has 0 amide bonds. The highest BCUT2D eigenvalue weighted by atomic mass is 32.2. The molecule has 0 heterocycles. The Balaban J connectivity index is 1.84. The van der Waals surface area contributed by atoms with E-state index < -0.39 is 10.0 Å². The molecule has 3 aromatic rings. The molecule has 0 aromatic heterocycles. The highest BCUT2D eigenvalue weighted by Gasteiger charge is 2.17. The van der Waals surface area contributed by atoms with Gasteiger partial charge in [-0.2, -0.15) is 0 Å². The van der Waals surface area contributed by atoms with E-state index >= 15 is 0 Å². The molecule has 0 bridgehead atoms. The molecule has 3 aromatic carbocycles. The zero-order chi connectivity index (χ0) is 19.3. The monoisotopic (exact) mass is 397 g/mol. The second kappa shape index (κ2) is 8.63. The van der Waals surface area contributed by atoms with Crippen molar-refractivity contribution in [1.82, 2.24) is 0 Å². The molecule has 0 aliphatic carbocycles. The quantitative estimate of drug-likeness (QED) is 0.520. The smallest absolute Gasteiger partial charge is 0.261 e. The van der Waals surface area contributed by atoms with Crippen LogP contribution < -0.4 is 4.72 Å². The van der Waals surface area contributed by atoms with E-state index in [1.165, 1.54) is 11.8 Å². The van der Waals surface area contributed by atoms with Crippen LogP contribution in [0.5, 0.6) is 0 Å². The van der Waals surface area contributed by atoms with Crippen LogP contribution in [0.4, 0.5) is 5.69 Å². The van der Waals surface area contributed by atoms with E-state index in [1.54, 1.807) is 18.2 Å². The molecular weight excluding hydrogens is 374 g/mol. The minimum Gasteiger partial charge on any atom is -0.278 e. The van der Waals surface area contributed by atoms with Gasteiger partial charge in [0.05, 0.1) is 10.6 Å². The van der Waals surface area contributed by atoms with Crippen molar-refractivity contribution < 1.29 is 8.42 Å².